The predicted octanol–water partition coefficient (Wildman–Crippen LogP) is 2.07. The molecule has 0 atom stereocenters. The largest absolute Gasteiger partial charge is 0.357 e. The van der Waals surface area contributed by atoms with Gasteiger partial charge < -0.3 is 20.0 Å². The van der Waals surface area contributed by atoms with Gasteiger partial charge in [-0.15, -0.1) is 0 Å². The Labute approximate surface area is 174 Å². The summed E-state index contributed by atoms with van der Waals surface area (Å²) in [6.45, 7) is 10.4. The van der Waals surface area contributed by atoms with Crippen LogP contribution in [-0.4, -0.2) is 72.2 Å². The van der Waals surface area contributed by atoms with Crippen molar-refractivity contribution in [2.24, 2.45) is 4.99 Å². The molecule has 160 valence electrons. The summed E-state index contributed by atoms with van der Waals surface area (Å²) in [5, 5.41) is 3.27. The fraction of sp³-hybridized carbons (Fsp3) is 0.591. The molecule has 0 bridgehead atoms. The first-order chi connectivity index (χ1) is 14.0. The number of carbonyl (C=O) groups is 2. The van der Waals surface area contributed by atoms with Crippen molar-refractivity contribution in [3.05, 3.63) is 35.4 Å². The van der Waals surface area contributed by atoms with Gasteiger partial charge in [0.1, 0.15) is 0 Å². The van der Waals surface area contributed by atoms with Crippen LogP contribution in [-0.2, 0) is 22.7 Å². The SMILES string of the molecule is CCNC(=NCc1ccccc1CN1CCCC1=O)N(C)CC(=O)N(CC)CC. The minimum Gasteiger partial charge on any atom is -0.357 e. The van der Waals surface area contributed by atoms with Crippen molar-refractivity contribution < 1.29 is 9.59 Å². The molecular formula is C22H35N5O2. The highest BCUT2D eigenvalue weighted by atomic mass is 16.2. The number of likely N-dealkylation sites (tertiary alicyclic amines) is 1. The first kappa shape index (κ1) is 22.7. The van der Waals surface area contributed by atoms with E-state index in [1.54, 1.807) is 0 Å². The van der Waals surface area contributed by atoms with Crippen LogP contribution in [0.1, 0.15) is 44.7 Å². The number of guanidine groups is 1. The first-order valence-electron chi connectivity index (χ1n) is 10.6. The van der Waals surface area contributed by atoms with E-state index in [0.29, 0.717) is 38.6 Å². The summed E-state index contributed by atoms with van der Waals surface area (Å²) >= 11 is 0. The fourth-order valence-corrected chi connectivity index (χ4v) is 3.53. The van der Waals surface area contributed by atoms with Crippen molar-refractivity contribution >= 4 is 17.8 Å². The van der Waals surface area contributed by atoms with Crippen LogP contribution in [0.5, 0.6) is 0 Å². The molecule has 1 aliphatic rings. The van der Waals surface area contributed by atoms with Crippen LogP contribution < -0.4 is 5.32 Å². The lowest BCUT2D eigenvalue weighted by Gasteiger charge is -2.25. The smallest absolute Gasteiger partial charge is 0.242 e. The summed E-state index contributed by atoms with van der Waals surface area (Å²) in [6, 6.07) is 8.13. The number of likely N-dealkylation sites (N-methyl/N-ethyl adjacent to an activating group) is 2. The maximum Gasteiger partial charge on any atom is 0.242 e. The second kappa shape index (κ2) is 11.4. The monoisotopic (exact) mass is 401 g/mol. The molecule has 1 aliphatic heterocycles. The molecule has 0 unspecified atom stereocenters. The van der Waals surface area contributed by atoms with Crippen molar-refractivity contribution in [1.29, 1.82) is 0 Å². The highest BCUT2D eigenvalue weighted by Gasteiger charge is 2.21. The number of carbonyl (C=O) groups excluding carboxylic acids is 2. The first-order valence-corrected chi connectivity index (χ1v) is 10.6. The molecule has 2 rings (SSSR count). The van der Waals surface area contributed by atoms with Gasteiger partial charge in [-0.3, -0.25) is 9.59 Å². The average molecular weight is 402 g/mol. The quantitative estimate of drug-likeness (QED) is 0.508. The third-order valence-electron chi connectivity index (χ3n) is 5.24. The summed E-state index contributed by atoms with van der Waals surface area (Å²) in [7, 11) is 1.89. The molecule has 1 saturated heterocycles. The van der Waals surface area contributed by atoms with E-state index >= 15 is 0 Å². The molecule has 29 heavy (non-hydrogen) atoms. The minimum absolute atomic E-state index is 0.0936. The van der Waals surface area contributed by atoms with Crippen LogP contribution in [0.15, 0.2) is 29.3 Å². The van der Waals surface area contributed by atoms with E-state index in [1.807, 2.05) is 54.7 Å². The standard InChI is InChI=1S/C22H35N5O2/c1-5-23-22(25(4)17-21(29)26(6-2)7-3)24-15-18-11-8-9-12-19(18)16-27-14-10-13-20(27)28/h8-9,11-12H,5-7,10,13-17H2,1-4H3,(H,23,24). The number of nitrogens with one attached hydrogen (secondary N) is 1. The van der Waals surface area contributed by atoms with E-state index < -0.39 is 0 Å². The topological polar surface area (TPSA) is 68.2 Å². The van der Waals surface area contributed by atoms with E-state index in [9.17, 15) is 9.59 Å². The second-order valence-corrected chi connectivity index (χ2v) is 7.28. The number of aliphatic imine (C=N–C) groups is 1. The normalized spacial score (nSPS) is 14.3. The number of amides is 2. The highest BCUT2D eigenvalue weighted by Crippen LogP contribution is 2.18. The zero-order chi connectivity index (χ0) is 21.2. The average Bonchev–Trinajstić information content (AvgIpc) is 3.11. The molecule has 1 aromatic carbocycles. The Morgan fingerprint density at radius 1 is 1.17 bits per heavy atom. The third-order valence-corrected chi connectivity index (χ3v) is 5.24. The lowest BCUT2D eigenvalue weighted by atomic mass is 10.1. The molecule has 1 aromatic rings. The van der Waals surface area contributed by atoms with Crippen molar-refractivity contribution in [1.82, 2.24) is 20.0 Å². The highest BCUT2D eigenvalue weighted by molar-refractivity contribution is 5.86. The van der Waals surface area contributed by atoms with Crippen LogP contribution >= 0.6 is 0 Å². The predicted molar refractivity (Wildman–Crippen MR) is 116 cm³/mol. The Balaban J connectivity index is 2.09. The Hall–Kier alpha value is -2.57. The zero-order valence-electron chi connectivity index (χ0n) is 18.3. The van der Waals surface area contributed by atoms with Crippen molar-refractivity contribution in [2.75, 3.05) is 39.8 Å². The van der Waals surface area contributed by atoms with E-state index in [4.69, 9.17) is 4.99 Å². The van der Waals surface area contributed by atoms with E-state index in [2.05, 4.69) is 17.4 Å². The van der Waals surface area contributed by atoms with Crippen LogP contribution in [0.4, 0.5) is 0 Å². The van der Waals surface area contributed by atoms with Gasteiger partial charge in [-0.05, 0) is 38.3 Å². The van der Waals surface area contributed by atoms with Crippen LogP contribution in [0.2, 0.25) is 0 Å². The molecule has 1 fully saturated rings. The summed E-state index contributed by atoms with van der Waals surface area (Å²) in [5.41, 5.74) is 2.23. The van der Waals surface area contributed by atoms with Crippen LogP contribution in [0, 0.1) is 0 Å². The molecule has 0 aromatic heterocycles. The van der Waals surface area contributed by atoms with Gasteiger partial charge in [0, 0.05) is 46.2 Å². The van der Waals surface area contributed by atoms with Gasteiger partial charge >= 0.3 is 0 Å². The van der Waals surface area contributed by atoms with Gasteiger partial charge in [0.25, 0.3) is 0 Å². The Bertz CT molecular complexity index is 715. The van der Waals surface area contributed by atoms with Crippen molar-refractivity contribution in [3.63, 3.8) is 0 Å². The van der Waals surface area contributed by atoms with Crippen molar-refractivity contribution in [3.8, 4) is 0 Å². The molecule has 0 aliphatic carbocycles. The molecule has 7 nitrogen and oxygen atoms in total. The van der Waals surface area contributed by atoms with Gasteiger partial charge in [0.15, 0.2) is 5.96 Å². The van der Waals surface area contributed by atoms with E-state index in [1.165, 1.54) is 0 Å². The molecule has 7 heteroatoms. The number of hydrogen-bond acceptors (Lipinski definition) is 3. The maximum absolute atomic E-state index is 12.4. The number of rotatable bonds is 9. The van der Waals surface area contributed by atoms with Crippen LogP contribution in [0.25, 0.3) is 0 Å². The van der Waals surface area contributed by atoms with E-state index in [0.717, 1.165) is 30.6 Å². The molecule has 0 spiro atoms. The summed E-state index contributed by atoms with van der Waals surface area (Å²) in [6.07, 6.45) is 1.59. The van der Waals surface area contributed by atoms with Gasteiger partial charge in [-0.25, -0.2) is 4.99 Å². The molecule has 1 heterocycles. The molecule has 2 amide bonds. The van der Waals surface area contributed by atoms with Gasteiger partial charge in [-0.2, -0.15) is 0 Å². The summed E-state index contributed by atoms with van der Waals surface area (Å²) in [5.74, 6) is 1.03. The molecule has 0 saturated carbocycles. The van der Waals surface area contributed by atoms with Crippen LogP contribution in [0.3, 0.4) is 0 Å². The maximum atomic E-state index is 12.4. The second-order valence-electron chi connectivity index (χ2n) is 7.28. The van der Waals surface area contributed by atoms with Gasteiger partial charge in [0.05, 0.1) is 13.1 Å². The molecule has 1 N–H and O–H groups in total. The Morgan fingerprint density at radius 2 is 1.86 bits per heavy atom. The van der Waals surface area contributed by atoms with Gasteiger partial charge in [-0.1, -0.05) is 24.3 Å². The minimum atomic E-state index is 0.0936. The zero-order valence-corrected chi connectivity index (χ0v) is 18.3. The third kappa shape index (κ3) is 6.48. The molecular weight excluding hydrogens is 366 g/mol. The molecule has 0 radical (unpaired) electrons. The fourth-order valence-electron chi connectivity index (χ4n) is 3.53. The number of benzene rings is 1. The summed E-state index contributed by atoms with van der Waals surface area (Å²) in [4.78, 5) is 34.8. The number of hydrogen-bond donors (Lipinski definition) is 1. The lowest BCUT2D eigenvalue weighted by molar-refractivity contribution is -0.131. The van der Waals surface area contributed by atoms with Gasteiger partial charge in [0.2, 0.25) is 11.8 Å². The lowest BCUT2D eigenvalue weighted by Crippen LogP contribution is -2.45. The van der Waals surface area contributed by atoms with Crippen molar-refractivity contribution in [2.45, 2.75) is 46.7 Å². The van der Waals surface area contributed by atoms with E-state index in [-0.39, 0.29) is 18.4 Å². The summed E-state index contributed by atoms with van der Waals surface area (Å²) < 4.78 is 0. The Kier molecular flexibility index (Phi) is 8.96. The Morgan fingerprint density at radius 3 is 2.45 bits per heavy atom. The number of nitrogens with zero attached hydrogens (tertiary/aromatic N) is 4.